The summed E-state index contributed by atoms with van der Waals surface area (Å²) >= 11 is 0. The minimum absolute atomic E-state index is 0.102. The summed E-state index contributed by atoms with van der Waals surface area (Å²) < 4.78 is 16.6. The molecule has 0 spiro atoms. The lowest BCUT2D eigenvalue weighted by Gasteiger charge is -2.18. The predicted molar refractivity (Wildman–Crippen MR) is 288 cm³/mol. The van der Waals surface area contributed by atoms with Gasteiger partial charge in [-0.2, -0.15) is 0 Å². The van der Waals surface area contributed by atoms with Crippen LogP contribution in [0.4, 0.5) is 0 Å². The van der Waals surface area contributed by atoms with Gasteiger partial charge >= 0.3 is 17.9 Å². The van der Waals surface area contributed by atoms with E-state index in [1.165, 1.54) is 0 Å². The molecule has 6 nitrogen and oxygen atoms in total. The summed E-state index contributed by atoms with van der Waals surface area (Å²) in [7, 11) is 0. The number of unbranched alkanes of at least 4 members (excludes halogenated alkanes) is 5. The van der Waals surface area contributed by atoms with Gasteiger partial charge in [0.1, 0.15) is 13.2 Å². The number of rotatable bonds is 43. The van der Waals surface area contributed by atoms with Crippen LogP contribution in [0.25, 0.3) is 0 Å². The summed E-state index contributed by atoms with van der Waals surface area (Å²) in [6.45, 7) is 6.10. The van der Waals surface area contributed by atoms with E-state index >= 15 is 0 Å². The zero-order chi connectivity index (χ0) is 48.6. The van der Waals surface area contributed by atoms with Crippen LogP contribution in [-0.2, 0) is 28.6 Å². The third kappa shape index (κ3) is 51.6. The van der Waals surface area contributed by atoms with Gasteiger partial charge in [-0.25, -0.2) is 0 Å². The molecule has 0 radical (unpaired) electrons. The number of hydrogen-bond donors (Lipinski definition) is 0. The SMILES string of the molecule is CC/C=C\C/C=C\C/C=C\C/C=C\C/C=C\CCCC(=O)OCC(COC(=O)C/C=C\C/C=C\C/C=C\C/C=C\C/C=C\CC)OC(=O)CCCCCC/C=C\C/C=C\C/C=C\C/C=C\CC. The molecular formula is C61H90O6. The molecule has 1 atom stereocenters. The molecular weight excluding hydrogens is 829 g/mol. The maximum absolute atomic E-state index is 12.8. The van der Waals surface area contributed by atoms with Crippen LogP contribution in [-0.4, -0.2) is 37.2 Å². The second-order valence-corrected chi connectivity index (χ2v) is 15.9. The molecule has 0 amide bonds. The molecule has 0 fully saturated rings. The van der Waals surface area contributed by atoms with Crippen molar-refractivity contribution < 1.29 is 28.6 Å². The minimum Gasteiger partial charge on any atom is -0.462 e. The lowest BCUT2D eigenvalue weighted by atomic mass is 10.1. The zero-order valence-corrected chi connectivity index (χ0v) is 42.1. The normalized spacial score (nSPS) is 13.5. The highest BCUT2D eigenvalue weighted by atomic mass is 16.6. The third-order valence-electron chi connectivity index (χ3n) is 9.73. The number of esters is 3. The third-order valence-corrected chi connectivity index (χ3v) is 9.73. The Balaban J connectivity index is 4.69. The highest BCUT2D eigenvalue weighted by molar-refractivity contribution is 5.72. The van der Waals surface area contributed by atoms with Crippen molar-refractivity contribution in [3.8, 4) is 0 Å². The van der Waals surface area contributed by atoms with Crippen molar-refractivity contribution in [3.63, 3.8) is 0 Å². The molecule has 0 aromatic carbocycles. The molecule has 1 unspecified atom stereocenters. The van der Waals surface area contributed by atoms with Gasteiger partial charge in [0.25, 0.3) is 0 Å². The van der Waals surface area contributed by atoms with Crippen molar-refractivity contribution in [2.75, 3.05) is 13.2 Å². The van der Waals surface area contributed by atoms with Crippen LogP contribution >= 0.6 is 0 Å². The van der Waals surface area contributed by atoms with Gasteiger partial charge < -0.3 is 14.2 Å². The molecule has 0 bridgehead atoms. The van der Waals surface area contributed by atoms with Crippen molar-refractivity contribution in [2.24, 2.45) is 0 Å². The zero-order valence-electron chi connectivity index (χ0n) is 42.1. The summed E-state index contributed by atoms with van der Waals surface area (Å²) in [5.41, 5.74) is 0. The molecule has 0 N–H and O–H groups in total. The van der Waals surface area contributed by atoms with Gasteiger partial charge in [-0.1, -0.05) is 204 Å². The first-order valence-electron chi connectivity index (χ1n) is 25.6. The molecule has 0 aromatic heterocycles. The van der Waals surface area contributed by atoms with Crippen LogP contribution in [0.1, 0.15) is 175 Å². The number of ether oxygens (including phenoxy) is 3. The lowest BCUT2D eigenvalue weighted by molar-refractivity contribution is -0.166. The molecule has 0 aliphatic heterocycles. The Bertz CT molecular complexity index is 1620. The van der Waals surface area contributed by atoms with Gasteiger partial charge in [-0.05, 0) is 122 Å². The van der Waals surface area contributed by atoms with Crippen LogP contribution in [0.15, 0.2) is 170 Å². The van der Waals surface area contributed by atoms with E-state index in [-0.39, 0.29) is 44.4 Å². The maximum Gasteiger partial charge on any atom is 0.309 e. The molecule has 0 heterocycles. The lowest BCUT2D eigenvalue weighted by Crippen LogP contribution is -2.30. The Labute approximate surface area is 409 Å². The molecule has 0 aliphatic carbocycles. The summed E-state index contributed by atoms with van der Waals surface area (Å²) in [4.78, 5) is 37.9. The van der Waals surface area contributed by atoms with E-state index in [4.69, 9.17) is 14.2 Å². The predicted octanol–water partition coefficient (Wildman–Crippen LogP) is 17.2. The van der Waals surface area contributed by atoms with Crippen LogP contribution in [0.3, 0.4) is 0 Å². The van der Waals surface area contributed by atoms with E-state index in [9.17, 15) is 14.4 Å². The van der Waals surface area contributed by atoms with Crippen molar-refractivity contribution in [3.05, 3.63) is 170 Å². The fraction of sp³-hybridized carbons (Fsp3) is 0.492. The van der Waals surface area contributed by atoms with Gasteiger partial charge in [0, 0.05) is 12.8 Å². The Morgan fingerprint density at radius 1 is 0.313 bits per heavy atom. The van der Waals surface area contributed by atoms with Crippen LogP contribution in [0.5, 0.6) is 0 Å². The van der Waals surface area contributed by atoms with Crippen molar-refractivity contribution in [2.45, 2.75) is 181 Å². The molecule has 0 rings (SSSR count). The Morgan fingerprint density at radius 2 is 0.612 bits per heavy atom. The minimum atomic E-state index is -0.863. The molecule has 0 aliphatic rings. The smallest absolute Gasteiger partial charge is 0.309 e. The highest BCUT2D eigenvalue weighted by Gasteiger charge is 2.19. The number of hydrogen-bond acceptors (Lipinski definition) is 6. The average Bonchev–Trinajstić information content (AvgIpc) is 3.33. The summed E-state index contributed by atoms with van der Waals surface area (Å²) in [6.07, 6.45) is 79.4. The molecule has 6 heteroatoms. The number of carbonyl (C=O) groups is 3. The molecule has 0 aromatic rings. The van der Waals surface area contributed by atoms with Crippen molar-refractivity contribution >= 4 is 17.9 Å². The van der Waals surface area contributed by atoms with E-state index < -0.39 is 12.1 Å². The van der Waals surface area contributed by atoms with E-state index in [2.05, 4.69) is 179 Å². The maximum atomic E-state index is 12.8. The first-order chi connectivity index (χ1) is 33.0. The molecule has 0 saturated heterocycles. The number of carbonyl (C=O) groups excluding carboxylic acids is 3. The van der Waals surface area contributed by atoms with E-state index in [0.717, 1.165) is 116 Å². The van der Waals surface area contributed by atoms with Crippen molar-refractivity contribution in [1.29, 1.82) is 0 Å². The van der Waals surface area contributed by atoms with Crippen molar-refractivity contribution in [1.82, 2.24) is 0 Å². The van der Waals surface area contributed by atoms with E-state index in [1.807, 2.05) is 6.08 Å². The summed E-state index contributed by atoms with van der Waals surface area (Å²) in [5.74, 6) is -1.18. The monoisotopic (exact) mass is 919 g/mol. The Morgan fingerprint density at radius 3 is 1.00 bits per heavy atom. The summed E-state index contributed by atoms with van der Waals surface area (Å²) in [6, 6.07) is 0. The first-order valence-corrected chi connectivity index (χ1v) is 25.6. The van der Waals surface area contributed by atoms with E-state index in [1.54, 1.807) is 6.08 Å². The average molecular weight is 919 g/mol. The van der Waals surface area contributed by atoms with Gasteiger partial charge in [-0.15, -0.1) is 0 Å². The molecule has 0 saturated carbocycles. The fourth-order valence-corrected chi connectivity index (χ4v) is 6.01. The Hall–Kier alpha value is -5.23. The van der Waals surface area contributed by atoms with Crippen LogP contribution < -0.4 is 0 Å². The summed E-state index contributed by atoms with van der Waals surface area (Å²) in [5, 5.41) is 0. The Kier molecular flexibility index (Phi) is 49.2. The number of allylic oxidation sites excluding steroid dienone is 27. The fourth-order valence-electron chi connectivity index (χ4n) is 6.01. The quantitative estimate of drug-likeness (QED) is 0.0262. The second kappa shape index (κ2) is 53.4. The standard InChI is InChI=1S/C61H90O6/c1-4-7-10-13-16-19-22-25-28-30-33-36-39-42-45-48-51-54-60(63)66-57-58(56-65-59(62)53-50-47-44-41-38-35-32-27-24-21-18-15-12-9-6-3)67-61(64)55-52-49-46-43-40-37-34-31-29-26-23-20-17-14-11-8-5-2/h7-12,16-21,25-29,32-34,36-38,41-42,45,47,50,58H,4-6,13-15,22-24,30-31,35,39-40,43-44,46,48-49,51-57H2,1-3H3/b10-7-,11-8-,12-9-,19-16-,20-17-,21-18-,28-25-,29-26-,32-27-,36-33-,37-34-,41-38-,45-42-,50-47-. The highest BCUT2D eigenvalue weighted by Crippen LogP contribution is 2.10. The van der Waals surface area contributed by atoms with E-state index in [0.29, 0.717) is 19.3 Å². The molecule has 370 valence electrons. The second-order valence-electron chi connectivity index (χ2n) is 15.9. The van der Waals surface area contributed by atoms with Gasteiger partial charge in [-0.3, -0.25) is 14.4 Å². The van der Waals surface area contributed by atoms with Crippen LogP contribution in [0.2, 0.25) is 0 Å². The van der Waals surface area contributed by atoms with Gasteiger partial charge in [0.05, 0.1) is 6.42 Å². The van der Waals surface area contributed by atoms with Crippen LogP contribution in [0, 0.1) is 0 Å². The largest absolute Gasteiger partial charge is 0.462 e. The van der Waals surface area contributed by atoms with Gasteiger partial charge in [0.15, 0.2) is 6.10 Å². The first kappa shape index (κ1) is 61.8. The molecule has 67 heavy (non-hydrogen) atoms. The van der Waals surface area contributed by atoms with Gasteiger partial charge in [0.2, 0.25) is 0 Å². The topological polar surface area (TPSA) is 78.9 Å².